The first-order valence-electron chi connectivity index (χ1n) is 3.86. The van der Waals surface area contributed by atoms with E-state index in [0.717, 1.165) is 6.08 Å². The van der Waals surface area contributed by atoms with Crippen LogP contribution in [-0.4, -0.2) is 30.0 Å². The second-order valence-electron chi connectivity index (χ2n) is 2.89. The van der Waals surface area contributed by atoms with Gasteiger partial charge in [0.2, 0.25) is 5.91 Å². The van der Waals surface area contributed by atoms with Gasteiger partial charge in [0.25, 0.3) is 0 Å². The second-order valence-corrected chi connectivity index (χ2v) is 4.28. The molecule has 1 unspecified atom stereocenters. The van der Waals surface area contributed by atoms with Gasteiger partial charge in [0, 0.05) is 5.92 Å². The number of allylic oxidation sites excluding steroid dienone is 1. The summed E-state index contributed by atoms with van der Waals surface area (Å²) in [4.78, 5) is 19.8. The van der Waals surface area contributed by atoms with Crippen LogP contribution in [0.5, 0.6) is 0 Å². The van der Waals surface area contributed by atoms with Crippen LogP contribution in [0.1, 0.15) is 13.3 Å². The lowest BCUT2D eigenvalue weighted by molar-refractivity contribution is -0.132. The van der Waals surface area contributed by atoms with Crippen molar-refractivity contribution in [3.05, 3.63) is 11.0 Å². The van der Waals surface area contributed by atoms with Crippen LogP contribution in [-0.2, 0) is 19.7 Å². The summed E-state index contributed by atoms with van der Waals surface area (Å²) in [5.74, 6) is -3.18. The van der Waals surface area contributed by atoms with Crippen LogP contribution in [0, 0.1) is 5.92 Å². The SMILES string of the molecule is CC(CC=C(C(=O)O)S(=O)(=O)O)C(N)=O. The molecule has 0 aromatic heterocycles. The van der Waals surface area contributed by atoms with Crippen molar-refractivity contribution in [2.45, 2.75) is 13.3 Å². The summed E-state index contributed by atoms with van der Waals surface area (Å²) < 4.78 is 29.6. The van der Waals surface area contributed by atoms with Crippen molar-refractivity contribution in [1.82, 2.24) is 0 Å². The maximum atomic E-state index is 10.6. The molecule has 15 heavy (non-hydrogen) atoms. The number of nitrogens with two attached hydrogens (primary N) is 1. The van der Waals surface area contributed by atoms with Gasteiger partial charge in [0.05, 0.1) is 0 Å². The zero-order chi connectivity index (χ0) is 12.2. The third-order valence-corrected chi connectivity index (χ3v) is 2.53. The van der Waals surface area contributed by atoms with E-state index in [9.17, 15) is 18.0 Å². The largest absolute Gasteiger partial charge is 0.477 e. The Morgan fingerprint density at radius 1 is 1.47 bits per heavy atom. The summed E-state index contributed by atoms with van der Waals surface area (Å²) in [6.45, 7) is 1.41. The van der Waals surface area contributed by atoms with E-state index in [2.05, 4.69) is 0 Å². The average Bonchev–Trinajstić information content (AvgIpc) is 2.00. The predicted octanol–water partition coefficient (Wildman–Crippen LogP) is -0.646. The lowest BCUT2D eigenvalue weighted by Crippen LogP contribution is -2.20. The number of hydrogen-bond donors (Lipinski definition) is 3. The standard InChI is InChI=1S/C7H11NO6S/c1-4(6(8)9)2-3-5(7(10)11)15(12,13)14/h3-4H,2H2,1H3,(H2,8,9)(H,10,11)(H,12,13,14). The minimum atomic E-state index is -4.78. The lowest BCUT2D eigenvalue weighted by atomic mass is 10.1. The molecule has 0 spiro atoms. The highest BCUT2D eigenvalue weighted by atomic mass is 32.2. The number of primary amides is 1. The second kappa shape index (κ2) is 4.89. The summed E-state index contributed by atoms with van der Waals surface area (Å²) >= 11 is 0. The molecule has 7 nitrogen and oxygen atoms in total. The van der Waals surface area contributed by atoms with Crippen LogP contribution in [0.2, 0.25) is 0 Å². The van der Waals surface area contributed by atoms with E-state index < -0.39 is 32.8 Å². The molecule has 0 fully saturated rings. The van der Waals surface area contributed by atoms with Crippen LogP contribution < -0.4 is 5.73 Å². The third kappa shape index (κ3) is 4.56. The van der Waals surface area contributed by atoms with Crippen molar-refractivity contribution >= 4 is 22.0 Å². The highest BCUT2D eigenvalue weighted by molar-refractivity contribution is 7.90. The van der Waals surface area contributed by atoms with Gasteiger partial charge in [-0.05, 0) is 6.42 Å². The highest BCUT2D eigenvalue weighted by Gasteiger charge is 2.22. The van der Waals surface area contributed by atoms with Crippen LogP contribution >= 0.6 is 0 Å². The molecule has 0 rings (SSSR count). The Kier molecular flexibility index (Phi) is 4.43. The Morgan fingerprint density at radius 3 is 2.20 bits per heavy atom. The van der Waals surface area contributed by atoms with Crippen LogP contribution in [0.3, 0.4) is 0 Å². The molecule has 0 aliphatic carbocycles. The third-order valence-electron chi connectivity index (χ3n) is 1.63. The molecule has 4 N–H and O–H groups in total. The van der Waals surface area contributed by atoms with E-state index in [-0.39, 0.29) is 6.42 Å². The van der Waals surface area contributed by atoms with E-state index in [4.69, 9.17) is 15.4 Å². The van der Waals surface area contributed by atoms with E-state index >= 15 is 0 Å². The first-order valence-corrected chi connectivity index (χ1v) is 5.30. The molecule has 86 valence electrons. The van der Waals surface area contributed by atoms with Gasteiger partial charge in [-0.1, -0.05) is 13.0 Å². The number of aliphatic carboxylic acids is 1. The number of carboxylic acid groups (broad SMARTS) is 1. The molecular weight excluding hydrogens is 226 g/mol. The fourth-order valence-corrected chi connectivity index (χ4v) is 1.23. The highest BCUT2D eigenvalue weighted by Crippen LogP contribution is 2.10. The quantitative estimate of drug-likeness (QED) is 0.429. The molecule has 0 aliphatic heterocycles. The lowest BCUT2D eigenvalue weighted by Gasteiger charge is -2.03. The summed E-state index contributed by atoms with van der Waals surface area (Å²) in [6.07, 6.45) is 0.573. The van der Waals surface area contributed by atoms with E-state index in [0.29, 0.717) is 0 Å². The molecular formula is C7H11NO6S. The van der Waals surface area contributed by atoms with Crippen molar-refractivity contribution in [3.8, 4) is 0 Å². The molecule has 8 heteroatoms. The summed E-state index contributed by atoms with van der Waals surface area (Å²) in [6, 6.07) is 0. The van der Waals surface area contributed by atoms with Gasteiger partial charge in [0.1, 0.15) is 0 Å². The van der Waals surface area contributed by atoms with Crippen LogP contribution in [0.15, 0.2) is 11.0 Å². The van der Waals surface area contributed by atoms with Crippen molar-refractivity contribution in [2.75, 3.05) is 0 Å². The van der Waals surface area contributed by atoms with Gasteiger partial charge < -0.3 is 10.8 Å². The molecule has 1 amide bonds. The molecule has 0 heterocycles. The van der Waals surface area contributed by atoms with E-state index in [1.165, 1.54) is 6.92 Å². The number of carbonyl (C=O) groups excluding carboxylic acids is 1. The maximum absolute atomic E-state index is 10.6. The summed E-state index contributed by atoms with van der Waals surface area (Å²) in [7, 11) is -4.78. The fourth-order valence-electron chi connectivity index (χ4n) is 0.703. The summed E-state index contributed by atoms with van der Waals surface area (Å²) in [5.41, 5.74) is 4.88. The maximum Gasteiger partial charge on any atom is 0.349 e. The Morgan fingerprint density at radius 2 is 1.93 bits per heavy atom. The molecule has 0 radical (unpaired) electrons. The molecule has 0 aliphatic rings. The monoisotopic (exact) mass is 237 g/mol. The molecule has 0 bridgehead atoms. The predicted molar refractivity (Wildman–Crippen MR) is 50.2 cm³/mol. The Labute approximate surface area is 86.3 Å². The van der Waals surface area contributed by atoms with Gasteiger partial charge in [-0.3, -0.25) is 9.35 Å². The van der Waals surface area contributed by atoms with Crippen LogP contribution in [0.4, 0.5) is 0 Å². The summed E-state index contributed by atoms with van der Waals surface area (Å²) in [5, 5.41) is 8.44. The minimum absolute atomic E-state index is 0.170. The van der Waals surface area contributed by atoms with E-state index in [1.54, 1.807) is 0 Å². The average molecular weight is 237 g/mol. The van der Waals surface area contributed by atoms with Gasteiger partial charge in [-0.2, -0.15) is 8.42 Å². The normalized spacial score (nSPS) is 14.7. The van der Waals surface area contributed by atoms with E-state index in [1.807, 2.05) is 0 Å². The van der Waals surface area contributed by atoms with Gasteiger partial charge in [-0.25, -0.2) is 4.79 Å². The molecule has 0 aromatic carbocycles. The molecule has 0 saturated heterocycles. The van der Waals surface area contributed by atoms with Crippen molar-refractivity contribution in [3.63, 3.8) is 0 Å². The Hall–Kier alpha value is -1.41. The van der Waals surface area contributed by atoms with Gasteiger partial charge >= 0.3 is 16.1 Å². The Bertz CT molecular complexity index is 396. The van der Waals surface area contributed by atoms with Crippen molar-refractivity contribution in [2.24, 2.45) is 11.7 Å². The van der Waals surface area contributed by atoms with Crippen molar-refractivity contribution < 1.29 is 27.7 Å². The van der Waals surface area contributed by atoms with Gasteiger partial charge in [-0.15, -0.1) is 0 Å². The zero-order valence-corrected chi connectivity index (χ0v) is 8.69. The Balaban J connectivity index is 4.90. The number of amides is 1. The number of hydrogen-bond acceptors (Lipinski definition) is 4. The molecule has 1 atom stereocenters. The topological polar surface area (TPSA) is 135 Å². The minimum Gasteiger partial charge on any atom is -0.477 e. The fraction of sp³-hybridized carbons (Fsp3) is 0.429. The van der Waals surface area contributed by atoms with Crippen molar-refractivity contribution in [1.29, 1.82) is 0 Å². The first-order chi connectivity index (χ1) is 6.66. The zero-order valence-electron chi connectivity index (χ0n) is 7.87. The number of carboxylic acids is 1. The first kappa shape index (κ1) is 13.6. The molecule has 0 saturated carbocycles. The smallest absolute Gasteiger partial charge is 0.349 e. The molecule has 0 aromatic rings. The van der Waals surface area contributed by atoms with Crippen LogP contribution in [0.25, 0.3) is 0 Å². The number of rotatable bonds is 5. The number of carbonyl (C=O) groups is 2. The van der Waals surface area contributed by atoms with Gasteiger partial charge in [0.15, 0.2) is 4.91 Å².